The quantitative estimate of drug-likeness (QED) is 0.784. The van der Waals surface area contributed by atoms with E-state index in [-0.39, 0.29) is 5.82 Å². The Hall–Kier alpha value is -0.450. The molecule has 2 rings (SSSR count). The maximum Gasteiger partial charge on any atom is 0.124 e. The van der Waals surface area contributed by atoms with E-state index in [9.17, 15) is 4.39 Å². The van der Waals surface area contributed by atoms with Gasteiger partial charge in [-0.3, -0.25) is 0 Å². The summed E-state index contributed by atoms with van der Waals surface area (Å²) in [5.74, 6) is 0.345. The van der Waals surface area contributed by atoms with Crippen molar-refractivity contribution in [2.24, 2.45) is 5.92 Å². The molecule has 4 heteroatoms. The number of hydrogen-bond donors (Lipinski definition) is 1. The summed E-state index contributed by atoms with van der Waals surface area (Å²) in [4.78, 5) is 0. The molecule has 1 aromatic carbocycles. The molecule has 0 saturated carbocycles. The van der Waals surface area contributed by atoms with Gasteiger partial charge >= 0.3 is 0 Å². The molecule has 0 amide bonds. The minimum atomic E-state index is -0.195. The Morgan fingerprint density at radius 2 is 2.24 bits per heavy atom. The molecule has 3 unspecified atom stereocenters. The van der Waals surface area contributed by atoms with Crippen LogP contribution in [0.25, 0.3) is 0 Å². The Morgan fingerprint density at radius 1 is 1.43 bits per heavy atom. The van der Waals surface area contributed by atoms with Gasteiger partial charge in [-0.2, -0.15) is 0 Å². The van der Waals surface area contributed by atoms with Gasteiger partial charge in [0.15, 0.2) is 0 Å². The highest BCUT2D eigenvalue weighted by atomic mass is 79.9. The van der Waals surface area contributed by atoms with E-state index >= 15 is 0 Å². The lowest BCUT2D eigenvalue weighted by molar-refractivity contribution is 0.0774. The minimum Gasteiger partial charge on any atom is -0.378 e. The fourth-order valence-electron chi connectivity index (χ4n) is 3.17. The van der Waals surface area contributed by atoms with Crippen LogP contribution in [-0.2, 0) is 11.2 Å². The van der Waals surface area contributed by atoms with E-state index in [4.69, 9.17) is 4.74 Å². The molecule has 0 bridgehead atoms. The average Bonchev–Trinajstić information content (AvgIpc) is 2.94. The van der Waals surface area contributed by atoms with E-state index in [0.29, 0.717) is 18.1 Å². The van der Waals surface area contributed by atoms with Crippen molar-refractivity contribution in [3.8, 4) is 0 Å². The zero-order valence-electron chi connectivity index (χ0n) is 12.9. The van der Waals surface area contributed by atoms with E-state index in [2.05, 4.69) is 35.1 Å². The molecule has 1 fully saturated rings. The lowest BCUT2D eigenvalue weighted by atomic mass is 9.87. The van der Waals surface area contributed by atoms with E-state index in [1.165, 1.54) is 0 Å². The lowest BCUT2D eigenvalue weighted by Crippen LogP contribution is -2.42. The first-order chi connectivity index (χ1) is 10.2. The highest BCUT2D eigenvalue weighted by Gasteiger charge is 2.33. The summed E-state index contributed by atoms with van der Waals surface area (Å²) in [6.45, 7) is 6.24. The molecular formula is C17H25BrFNO. The number of rotatable bonds is 7. The third-order valence-corrected chi connectivity index (χ3v) is 5.03. The molecule has 0 radical (unpaired) electrons. The van der Waals surface area contributed by atoms with Gasteiger partial charge in [0.1, 0.15) is 5.82 Å². The Morgan fingerprint density at radius 3 is 2.90 bits per heavy atom. The van der Waals surface area contributed by atoms with Crippen molar-refractivity contribution in [3.63, 3.8) is 0 Å². The van der Waals surface area contributed by atoms with Gasteiger partial charge in [-0.1, -0.05) is 35.8 Å². The average molecular weight is 358 g/mol. The van der Waals surface area contributed by atoms with Crippen LogP contribution in [0.2, 0.25) is 0 Å². The normalized spacial score (nSPS) is 23.4. The zero-order chi connectivity index (χ0) is 15.2. The van der Waals surface area contributed by atoms with Gasteiger partial charge in [0, 0.05) is 23.0 Å². The van der Waals surface area contributed by atoms with Crippen molar-refractivity contribution in [2.75, 3.05) is 13.2 Å². The second-order valence-electron chi connectivity index (χ2n) is 5.77. The van der Waals surface area contributed by atoms with Crippen molar-refractivity contribution in [2.45, 2.75) is 51.7 Å². The fraction of sp³-hybridized carbons (Fsp3) is 0.647. The first-order valence-corrected chi connectivity index (χ1v) is 8.73. The molecule has 0 spiro atoms. The van der Waals surface area contributed by atoms with Crippen molar-refractivity contribution >= 4 is 15.9 Å². The standard InChI is InChI=1S/C17H25BrFNO/c1-3-8-20-16(14-7-9-21-17(14)4-2)10-12-5-6-13(19)11-15(12)18/h5-6,11,14,16-17,20H,3-4,7-10H2,1-2H3. The third kappa shape index (κ3) is 4.51. The minimum absolute atomic E-state index is 0.195. The molecule has 118 valence electrons. The molecule has 2 nitrogen and oxygen atoms in total. The monoisotopic (exact) mass is 357 g/mol. The fourth-order valence-corrected chi connectivity index (χ4v) is 3.69. The van der Waals surface area contributed by atoms with E-state index in [1.807, 2.05) is 6.07 Å². The summed E-state index contributed by atoms with van der Waals surface area (Å²) in [6.07, 6.45) is 4.54. The molecule has 0 aliphatic carbocycles. The number of benzene rings is 1. The maximum absolute atomic E-state index is 13.2. The first kappa shape index (κ1) is 16.9. The molecular weight excluding hydrogens is 333 g/mol. The Kier molecular flexibility index (Phi) is 6.65. The van der Waals surface area contributed by atoms with Gasteiger partial charge in [0.25, 0.3) is 0 Å². The van der Waals surface area contributed by atoms with Crippen LogP contribution in [0.4, 0.5) is 4.39 Å². The summed E-state index contributed by atoms with van der Waals surface area (Å²) < 4.78 is 19.9. The van der Waals surface area contributed by atoms with Crippen LogP contribution in [0, 0.1) is 11.7 Å². The molecule has 1 N–H and O–H groups in total. The topological polar surface area (TPSA) is 21.3 Å². The SMILES string of the molecule is CCCNC(Cc1ccc(F)cc1Br)C1CCOC1CC. The van der Waals surface area contributed by atoms with Crippen LogP contribution in [0.3, 0.4) is 0 Å². The van der Waals surface area contributed by atoms with Crippen LogP contribution in [0.5, 0.6) is 0 Å². The molecule has 1 aliphatic rings. The molecule has 1 saturated heterocycles. The number of hydrogen-bond acceptors (Lipinski definition) is 2. The number of nitrogens with one attached hydrogen (secondary N) is 1. The molecule has 1 heterocycles. The van der Waals surface area contributed by atoms with Crippen LogP contribution in [-0.4, -0.2) is 25.3 Å². The van der Waals surface area contributed by atoms with E-state index < -0.39 is 0 Å². The van der Waals surface area contributed by atoms with Gasteiger partial charge in [0.2, 0.25) is 0 Å². The summed E-state index contributed by atoms with van der Waals surface area (Å²) in [5.41, 5.74) is 1.16. The van der Waals surface area contributed by atoms with Crippen molar-refractivity contribution < 1.29 is 9.13 Å². The predicted octanol–water partition coefficient (Wildman–Crippen LogP) is 4.31. The highest BCUT2D eigenvalue weighted by molar-refractivity contribution is 9.10. The first-order valence-electron chi connectivity index (χ1n) is 7.94. The molecule has 21 heavy (non-hydrogen) atoms. The van der Waals surface area contributed by atoms with Gasteiger partial charge in [-0.15, -0.1) is 0 Å². The third-order valence-electron chi connectivity index (χ3n) is 4.29. The number of ether oxygens (including phenoxy) is 1. The molecule has 0 aromatic heterocycles. The van der Waals surface area contributed by atoms with Crippen LogP contribution >= 0.6 is 15.9 Å². The van der Waals surface area contributed by atoms with Crippen LogP contribution < -0.4 is 5.32 Å². The summed E-state index contributed by atoms with van der Waals surface area (Å²) >= 11 is 3.49. The van der Waals surface area contributed by atoms with Crippen molar-refractivity contribution in [3.05, 3.63) is 34.1 Å². The van der Waals surface area contributed by atoms with Gasteiger partial charge in [0.05, 0.1) is 6.10 Å². The zero-order valence-corrected chi connectivity index (χ0v) is 14.5. The van der Waals surface area contributed by atoms with Crippen LogP contribution in [0.1, 0.15) is 38.7 Å². The van der Waals surface area contributed by atoms with Gasteiger partial charge in [-0.25, -0.2) is 4.39 Å². The van der Waals surface area contributed by atoms with Gasteiger partial charge in [-0.05, 0) is 49.9 Å². The smallest absolute Gasteiger partial charge is 0.124 e. The maximum atomic E-state index is 13.2. The largest absolute Gasteiger partial charge is 0.378 e. The van der Waals surface area contributed by atoms with Crippen molar-refractivity contribution in [1.82, 2.24) is 5.32 Å². The number of halogens is 2. The Balaban J connectivity index is 2.11. The molecule has 3 atom stereocenters. The Labute approximate surface area is 135 Å². The molecule has 1 aromatic rings. The predicted molar refractivity (Wildman–Crippen MR) is 88.0 cm³/mol. The van der Waals surface area contributed by atoms with Crippen molar-refractivity contribution in [1.29, 1.82) is 0 Å². The summed E-state index contributed by atoms with van der Waals surface area (Å²) in [6, 6.07) is 5.37. The summed E-state index contributed by atoms with van der Waals surface area (Å²) in [5, 5.41) is 3.67. The van der Waals surface area contributed by atoms with Gasteiger partial charge < -0.3 is 10.1 Å². The van der Waals surface area contributed by atoms with Crippen LogP contribution in [0.15, 0.2) is 22.7 Å². The Bertz CT molecular complexity index is 454. The second-order valence-corrected chi connectivity index (χ2v) is 6.62. The van der Waals surface area contributed by atoms with E-state index in [1.54, 1.807) is 12.1 Å². The highest BCUT2D eigenvalue weighted by Crippen LogP contribution is 2.30. The molecule has 1 aliphatic heterocycles. The second kappa shape index (κ2) is 8.25. The summed E-state index contributed by atoms with van der Waals surface area (Å²) in [7, 11) is 0. The lowest BCUT2D eigenvalue weighted by Gasteiger charge is -2.28. The van der Waals surface area contributed by atoms with E-state index in [0.717, 1.165) is 48.9 Å².